The van der Waals surface area contributed by atoms with E-state index in [0.29, 0.717) is 65.9 Å². The molecule has 23 heavy (non-hydrogen) atoms. The van der Waals surface area contributed by atoms with Crippen LogP contribution in [0, 0.1) is 0 Å². The fourth-order valence-corrected chi connectivity index (χ4v) is 1.62. The van der Waals surface area contributed by atoms with Crippen LogP contribution in [0.25, 0.3) is 0 Å². The summed E-state index contributed by atoms with van der Waals surface area (Å²) in [6.07, 6.45) is 0. The van der Waals surface area contributed by atoms with Gasteiger partial charge in [-0.2, -0.15) is 0 Å². The highest BCUT2D eigenvalue weighted by Crippen LogP contribution is 1.84. The maximum Gasteiger partial charge on any atom is 0.246 e. The van der Waals surface area contributed by atoms with Crippen LogP contribution in [0.2, 0.25) is 0 Å². The van der Waals surface area contributed by atoms with Crippen LogP contribution >= 0.6 is 0 Å². The molecule has 0 bridgehead atoms. The van der Waals surface area contributed by atoms with Gasteiger partial charge in [0.2, 0.25) is 11.8 Å². The number of carbonyl (C=O) groups is 2. The normalized spacial score (nSPS) is 22.4. The van der Waals surface area contributed by atoms with Gasteiger partial charge in [0.1, 0.15) is 13.2 Å². The molecule has 0 atom stereocenters. The molecule has 1 heterocycles. The van der Waals surface area contributed by atoms with Crippen LogP contribution in [-0.4, -0.2) is 91.0 Å². The smallest absolute Gasteiger partial charge is 0.246 e. The Labute approximate surface area is 135 Å². The Balaban J connectivity index is 2.17. The lowest BCUT2D eigenvalue weighted by Crippen LogP contribution is -2.31. The molecule has 0 aromatic carbocycles. The topological polar surface area (TPSA) is 104 Å². The lowest BCUT2D eigenvalue weighted by atomic mass is 10.5. The molecule has 0 unspecified atom stereocenters. The second-order valence-electron chi connectivity index (χ2n) is 4.64. The van der Waals surface area contributed by atoms with Gasteiger partial charge >= 0.3 is 0 Å². The van der Waals surface area contributed by atoms with E-state index in [1.54, 1.807) is 0 Å². The number of rotatable bonds is 0. The molecule has 134 valence electrons. The van der Waals surface area contributed by atoms with Crippen LogP contribution in [-0.2, 0) is 33.3 Å². The van der Waals surface area contributed by atoms with Gasteiger partial charge < -0.3 is 34.3 Å². The molecule has 1 rings (SSSR count). The highest BCUT2D eigenvalue weighted by atomic mass is 16.5. The van der Waals surface area contributed by atoms with Gasteiger partial charge in [-0.05, 0) is 0 Å². The average molecular weight is 334 g/mol. The Morgan fingerprint density at radius 3 is 1.30 bits per heavy atom. The summed E-state index contributed by atoms with van der Waals surface area (Å²) in [7, 11) is 0. The van der Waals surface area contributed by atoms with Crippen molar-refractivity contribution in [3.63, 3.8) is 0 Å². The second kappa shape index (κ2) is 14.3. The highest BCUT2D eigenvalue weighted by molar-refractivity contribution is 5.77. The first-order valence-corrected chi connectivity index (χ1v) is 7.71. The second-order valence-corrected chi connectivity index (χ2v) is 4.64. The maximum atomic E-state index is 11.4. The molecule has 0 aliphatic carbocycles. The van der Waals surface area contributed by atoms with E-state index < -0.39 is 0 Å². The Kier molecular flexibility index (Phi) is 12.3. The zero-order valence-corrected chi connectivity index (χ0v) is 13.3. The van der Waals surface area contributed by atoms with Crippen LogP contribution < -0.4 is 10.6 Å². The number of nitrogens with one attached hydrogen (secondary N) is 2. The Morgan fingerprint density at radius 2 is 0.870 bits per heavy atom. The first-order valence-electron chi connectivity index (χ1n) is 7.71. The Bertz CT molecular complexity index is 298. The lowest BCUT2D eigenvalue weighted by Gasteiger charge is -2.08. The van der Waals surface area contributed by atoms with Gasteiger partial charge in [-0.3, -0.25) is 9.59 Å². The average Bonchev–Trinajstić information content (AvgIpc) is 2.54. The molecule has 1 saturated heterocycles. The molecular weight excluding hydrogens is 308 g/mol. The minimum Gasteiger partial charge on any atom is -0.377 e. The van der Waals surface area contributed by atoms with Gasteiger partial charge in [-0.15, -0.1) is 0 Å². The molecule has 1 aliphatic heterocycles. The summed E-state index contributed by atoms with van der Waals surface area (Å²) >= 11 is 0. The summed E-state index contributed by atoms with van der Waals surface area (Å²) in [5, 5.41) is 5.36. The minimum absolute atomic E-state index is 0.0108. The zero-order valence-electron chi connectivity index (χ0n) is 13.3. The minimum atomic E-state index is -0.191. The Morgan fingerprint density at radius 1 is 0.522 bits per heavy atom. The molecule has 0 aromatic rings. The van der Waals surface area contributed by atoms with Crippen molar-refractivity contribution < 1.29 is 33.3 Å². The SMILES string of the molecule is O=C1COCCOCCOCC(=O)NCCOCCOCCN1. The number of hydrogen-bond acceptors (Lipinski definition) is 7. The lowest BCUT2D eigenvalue weighted by molar-refractivity contribution is -0.126. The van der Waals surface area contributed by atoms with Crippen LogP contribution in [0.5, 0.6) is 0 Å². The van der Waals surface area contributed by atoms with Gasteiger partial charge in [-0.1, -0.05) is 0 Å². The number of ether oxygens (including phenoxy) is 5. The van der Waals surface area contributed by atoms with Gasteiger partial charge in [0.15, 0.2) is 0 Å². The van der Waals surface area contributed by atoms with Crippen molar-refractivity contribution in [3.05, 3.63) is 0 Å². The third-order valence-corrected chi connectivity index (χ3v) is 2.72. The molecule has 2 N–H and O–H groups in total. The zero-order chi connectivity index (χ0) is 16.6. The molecule has 0 radical (unpaired) electrons. The molecule has 0 aromatic heterocycles. The van der Waals surface area contributed by atoms with Crippen molar-refractivity contribution in [2.24, 2.45) is 0 Å². The third kappa shape index (κ3) is 12.9. The van der Waals surface area contributed by atoms with Crippen molar-refractivity contribution in [1.29, 1.82) is 0 Å². The van der Waals surface area contributed by atoms with E-state index in [1.807, 2.05) is 0 Å². The highest BCUT2D eigenvalue weighted by Gasteiger charge is 2.02. The fraction of sp³-hybridized carbons (Fsp3) is 0.857. The largest absolute Gasteiger partial charge is 0.377 e. The number of amides is 2. The summed E-state index contributed by atoms with van der Waals surface area (Å²) in [6.45, 7) is 3.88. The predicted molar refractivity (Wildman–Crippen MR) is 80.1 cm³/mol. The number of carbonyl (C=O) groups excluding carboxylic acids is 2. The number of hydrogen-bond donors (Lipinski definition) is 2. The standard InChI is InChI=1S/C14H26N2O7/c17-13-11-22-9-7-21-8-10-23-12-14(18)16-2-4-20-6-5-19-3-1-15-13/h1-12H2,(H,15,17)(H,16,18). The van der Waals surface area contributed by atoms with Crippen LogP contribution in [0.15, 0.2) is 0 Å². The van der Waals surface area contributed by atoms with Crippen molar-refractivity contribution >= 4 is 11.8 Å². The molecule has 1 aliphatic rings. The van der Waals surface area contributed by atoms with Crippen molar-refractivity contribution in [3.8, 4) is 0 Å². The van der Waals surface area contributed by atoms with Crippen molar-refractivity contribution in [2.45, 2.75) is 0 Å². The molecule has 0 saturated carbocycles. The van der Waals surface area contributed by atoms with Gasteiger partial charge in [0, 0.05) is 13.1 Å². The van der Waals surface area contributed by atoms with Crippen LogP contribution in [0.1, 0.15) is 0 Å². The quantitative estimate of drug-likeness (QED) is 0.545. The van der Waals surface area contributed by atoms with Crippen LogP contribution in [0.3, 0.4) is 0 Å². The first kappa shape index (κ1) is 19.8. The van der Waals surface area contributed by atoms with E-state index in [1.165, 1.54) is 0 Å². The fourth-order valence-electron chi connectivity index (χ4n) is 1.62. The van der Waals surface area contributed by atoms with E-state index in [4.69, 9.17) is 23.7 Å². The summed E-state index contributed by atoms with van der Waals surface area (Å²) in [4.78, 5) is 22.8. The molecule has 0 spiro atoms. The third-order valence-electron chi connectivity index (χ3n) is 2.72. The molecule has 9 nitrogen and oxygen atoms in total. The van der Waals surface area contributed by atoms with Gasteiger partial charge in [-0.25, -0.2) is 0 Å². The van der Waals surface area contributed by atoms with E-state index in [-0.39, 0.29) is 25.0 Å². The summed E-state index contributed by atoms with van der Waals surface area (Å²) in [6, 6.07) is 0. The molecule has 9 heteroatoms. The van der Waals surface area contributed by atoms with E-state index >= 15 is 0 Å². The van der Waals surface area contributed by atoms with E-state index in [2.05, 4.69) is 10.6 Å². The molecule has 2 amide bonds. The predicted octanol–water partition coefficient (Wildman–Crippen LogP) is -1.68. The van der Waals surface area contributed by atoms with E-state index in [9.17, 15) is 9.59 Å². The van der Waals surface area contributed by atoms with Gasteiger partial charge in [0.05, 0.1) is 52.9 Å². The monoisotopic (exact) mass is 334 g/mol. The summed E-state index contributed by atoms with van der Waals surface area (Å²) in [5.41, 5.74) is 0. The molecular formula is C14H26N2O7. The van der Waals surface area contributed by atoms with Gasteiger partial charge in [0.25, 0.3) is 0 Å². The van der Waals surface area contributed by atoms with Crippen LogP contribution in [0.4, 0.5) is 0 Å². The Hall–Kier alpha value is -1.26. The van der Waals surface area contributed by atoms with Crippen molar-refractivity contribution in [1.82, 2.24) is 10.6 Å². The maximum absolute atomic E-state index is 11.4. The van der Waals surface area contributed by atoms with E-state index in [0.717, 1.165) is 0 Å². The summed E-state index contributed by atoms with van der Waals surface area (Å²) < 4.78 is 26.2. The first-order chi connectivity index (χ1) is 11.3. The summed E-state index contributed by atoms with van der Waals surface area (Å²) in [5.74, 6) is -0.382. The van der Waals surface area contributed by atoms with Crippen molar-refractivity contribution in [2.75, 3.05) is 79.2 Å². The molecule has 1 fully saturated rings.